The van der Waals surface area contributed by atoms with E-state index in [-0.39, 0.29) is 26.8 Å². The summed E-state index contributed by atoms with van der Waals surface area (Å²) in [6.45, 7) is 13.9. The number of Topliss-reactive ketones (excluding diaryl/α,β-unsaturated/α-hetero) is 1. The van der Waals surface area contributed by atoms with Crippen LogP contribution in [0.5, 0.6) is 0 Å². The molecule has 0 amide bonds. The third kappa shape index (κ3) is 8.65. The van der Waals surface area contributed by atoms with E-state index in [2.05, 4.69) is 95.8 Å². The normalized spacial score (nSPS) is 14.8. The number of rotatable bonds is 8. The fraction of sp³-hybridized carbons (Fsp3) is 0.435. The van der Waals surface area contributed by atoms with E-state index in [0.717, 1.165) is 24.5 Å². The predicted molar refractivity (Wildman–Crippen MR) is 117 cm³/mol. The Balaban J connectivity index is 0.000000771. The molecule has 0 radical (unpaired) electrons. The van der Waals surface area contributed by atoms with Crippen LogP contribution in [-0.4, -0.2) is 28.7 Å². The quantitative estimate of drug-likeness (QED) is 0.402. The molecule has 6 heteroatoms. The van der Waals surface area contributed by atoms with Gasteiger partial charge in [-0.3, -0.25) is 0 Å². The molecule has 2 heterocycles. The van der Waals surface area contributed by atoms with Gasteiger partial charge in [0, 0.05) is 21.1 Å². The molecule has 1 aromatic carbocycles. The van der Waals surface area contributed by atoms with E-state index in [1.807, 2.05) is 0 Å². The Kier molecular flexibility index (Phi) is 11.8. The summed E-state index contributed by atoms with van der Waals surface area (Å²) in [6.07, 6.45) is 13.3. The van der Waals surface area contributed by atoms with Gasteiger partial charge in [0.05, 0.1) is 0 Å². The van der Waals surface area contributed by atoms with Crippen LogP contribution in [0, 0.1) is 19.4 Å². The first-order valence-electron chi connectivity index (χ1n) is 10.2. The van der Waals surface area contributed by atoms with Crippen LogP contribution in [0.2, 0.25) is 0 Å². The van der Waals surface area contributed by atoms with Gasteiger partial charge in [-0.05, 0) is 64.6 Å². The number of nitrogens with zero attached hydrogens (tertiary/aromatic N) is 4. The van der Waals surface area contributed by atoms with Crippen LogP contribution < -0.4 is 9.80 Å². The molecular weight excluding hydrogens is 543 g/mol. The number of anilines is 2. The second kappa shape index (κ2) is 13.5. The van der Waals surface area contributed by atoms with Gasteiger partial charge in [-0.25, -0.2) is 0 Å². The number of carbonyl (C=O) groups excluding carboxylic acids is 1. The van der Waals surface area contributed by atoms with E-state index < -0.39 is 0 Å². The van der Waals surface area contributed by atoms with Crippen molar-refractivity contribution >= 4 is 17.2 Å². The van der Waals surface area contributed by atoms with Crippen molar-refractivity contribution in [1.82, 2.24) is 9.80 Å². The summed E-state index contributed by atoms with van der Waals surface area (Å²) < 4.78 is 0. The first-order chi connectivity index (χ1) is 13.5. The molecule has 0 atom stereocenters. The van der Waals surface area contributed by atoms with Crippen molar-refractivity contribution in [3.8, 4) is 0 Å². The fourth-order valence-corrected chi connectivity index (χ4v) is 2.77. The largest absolute Gasteiger partial charge is 0.508 e. The number of hydrogen-bond acceptors (Lipinski definition) is 5. The van der Waals surface area contributed by atoms with Crippen LogP contribution in [-0.2, 0) is 25.9 Å². The minimum atomic E-state index is 0. The van der Waals surface area contributed by atoms with Crippen LogP contribution in [0.4, 0.5) is 11.4 Å². The van der Waals surface area contributed by atoms with Gasteiger partial charge < -0.3 is 24.4 Å². The maximum absolute atomic E-state index is 9.44. The van der Waals surface area contributed by atoms with Crippen LogP contribution in [0.3, 0.4) is 0 Å². The molecule has 164 valence electrons. The summed E-state index contributed by atoms with van der Waals surface area (Å²) in [6, 6.07) is 9.81. The molecule has 2 aliphatic rings. The Morgan fingerprint density at radius 2 is 1.28 bits per heavy atom. The Bertz CT molecular complexity index is 625. The number of carbonyl (C=O) groups is 1. The molecule has 0 spiro atoms. The van der Waals surface area contributed by atoms with E-state index in [4.69, 9.17) is 0 Å². The zero-order valence-electron chi connectivity index (χ0n) is 18.0. The fourth-order valence-electron chi connectivity index (χ4n) is 2.77. The molecule has 0 unspecified atom stereocenters. The zero-order chi connectivity index (χ0) is 20.4. The van der Waals surface area contributed by atoms with Crippen molar-refractivity contribution in [2.45, 2.75) is 53.4 Å². The van der Waals surface area contributed by atoms with Gasteiger partial charge in [-0.1, -0.05) is 26.7 Å². The number of ketones is 1. The Morgan fingerprint density at radius 3 is 1.66 bits per heavy atom. The van der Waals surface area contributed by atoms with Crippen LogP contribution in [0.15, 0.2) is 43.0 Å². The summed E-state index contributed by atoms with van der Waals surface area (Å²) in [5.74, 6) is 0.167. The maximum Gasteiger partial charge on any atom is 0.126 e. The summed E-state index contributed by atoms with van der Waals surface area (Å²) in [5.41, 5.74) is 2.13. The van der Waals surface area contributed by atoms with Gasteiger partial charge >= 0.3 is 0 Å². The maximum atomic E-state index is 9.44. The molecule has 0 saturated carbocycles. The second-order valence-corrected chi connectivity index (χ2v) is 7.15. The van der Waals surface area contributed by atoms with E-state index in [9.17, 15) is 4.79 Å². The van der Waals surface area contributed by atoms with Gasteiger partial charge in [0.15, 0.2) is 0 Å². The third-order valence-electron chi connectivity index (χ3n) is 4.24. The predicted octanol–water partition coefficient (Wildman–Crippen LogP) is 5.10. The Hall–Kier alpha value is -1.74. The molecule has 0 N–H and O–H groups in total. The molecule has 0 saturated heterocycles. The van der Waals surface area contributed by atoms with Gasteiger partial charge in [0.25, 0.3) is 0 Å². The number of benzene rings is 1. The standard InChI is InChI=1S/C20H27N4.C3H6O.Pt/c1-3-5-10-21-12-14-23(17-21)19-8-7-9-20(16-19)24-15-13-22(18-24)11-6-4-2;1-3(2)4;/h7-9,12-15,17-18H,3-6,10-11H2,1-2H3;1-2H3;/q-3;;. The molecule has 0 fully saturated rings. The molecule has 0 bridgehead atoms. The average Bonchev–Trinajstić information content (AvgIpc) is 3.34. The summed E-state index contributed by atoms with van der Waals surface area (Å²) in [7, 11) is 0. The Labute approximate surface area is 191 Å². The van der Waals surface area contributed by atoms with Gasteiger partial charge in [0.2, 0.25) is 0 Å². The van der Waals surface area contributed by atoms with Gasteiger partial charge in [-0.2, -0.15) is 19.4 Å². The van der Waals surface area contributed by atoms with Crippen molar-refractivity contribution < 1.29 is 25.9 Å². The van der Waals surface area contributed by atoms with Gasteiger partial charge in [-0.15, -0.1) is 29.6 Å². The summed E-state index contributed by atoms with van der Waals surface area (Å²) in [4.78, 5) is 18.2. The van der Waals surface area contributed by atoms with Crippen molar-refractivity contribution in [1.29, 1.82) is 0 Å². The zero-order valence-corrected chi connectivity index (χ0v) is 20.2. The smallest absolute Gasteiger partial charge is 0.126 e. The number of unbranched alkanes of at least 4 members (excludes halogenated alkanes) is 2. The van der Waals surface area contributed by atoms with E-state index >= 15 is 0 Å². The molecule has 5 nitrogen and oxygen atoms in total. The van der Waals surface area contributed by atoms with Crippen molar-refractivity contribution in [3.05, 3.63) is 62.4 Å². The van der Waals surface area contributed by atoms with Crippen molar-refractivity contribution in [2.24, 2.45) is 0 Å². The molecule has 2 aliphatic heterocycles. The molecule has 0 aliphatic carbocycles. The molecule has 3 rings (SSSR count). The Morgan fingerprint density at radius 1 is 0.862 bits per heavy atom. The minimum absolute atomic E-state index is 0. The monoisotopic (exact) mass is 576 g/mol. The topological polar surface area (TPSA) is 30.0 Å². The SMILES string of the molecule is CC(C)=O.CCCCN1C=CN(c2[c-]c(N3C=CN(CCCC)[CH-]3)ccc2)[CH-]1.[Pt]. The van der Waals surface area contributed by atoms with E-state index in [1.165, 1.54) is 39.5 Å². The van der Waals surface area contributed by atoms with Crippen LogP contribution in [0.25, 0.3) is 0 Å². The third-order valence-corrected chi connectivity index (χ3v) is 4.24. The second-order valence-electron chi connectivity index (χ2n) is 7.15. The van der Waals surface area contributed by atoms with Crippen molar-refractivity contribution in [2.75, 3.05) is 22.9 Å². The van der Waals surface area contributed by atoms with E-state index in [0.29, 0.717) is 0 Å². The number of hydrogen-bond donors (Lipinski definition) is 0. The summed E-state index contributed by atoms with van der Waals surface area (Å²) >= 11 is 0. The first-order valence-corrected chi connectivity index (χ1v) is 10.2. The molecule has 29 heavy (non-hydrogen) atoms. The average molecular weight is 577 g/mol. The molecular formula is C23H33N4OPt-3. The van der Waals surface area contributed by atoms with Crippen LogP contribution in [0.1, 0.15) is 53.4 Å². The minimum Gasteiger partial charge on any atom is -0.508 e. The van der Waals surface area contributed by atoms with Gasteiger partial charge in [0.1, 0.15) is 5.78 Å². The molecule has 1 aromatic rings. The molecule has 0 aromatic heterocycles. The van der Waals surface area contributed by atoms with Crippen LogP contribution >= 0.6 is 0 Å². The summed E-state index contributed by atoms with van der Waals surface area (Å²) in [5, 5.41) is 0. The van der Waals surface area contributed by atoms with Crippen molar-refractivity contribution in [3.63, 3.8) is 0 Å². The van der Waals surface area contributed by atoms with E-state index in [1.54, 1.807) is 0 Å². The first kappa shape index (κ1) is 25.3.